The summed E-state index contributed by atoms with van der Waals surface area (Å²) in [5.41, 5.74) is 5.57. The van der Waals surface area contributed by atoms with Gasteiger partial charge in [0, 0.05) is 14.7 Å². The summed E-state index contributed by atoms with van der Waals surface area (Å²) in [6.07, 6.45) is -5.18. The van der Waals surface area contributed by atoms with Crippen LogP contribution in [0.5, 0.6) is 0 Å². The first kappa shape index (κ1) is 29.0. The lowest BCUT2D eigenvalue weighted by molar-refractivity contribution is -0.188. The summed E-state index contributed by atoms with van der Waals surface area (Å²) in [5.74, 6) is -2.24. The van der Waals surface area contributed by atoms with E-state index in [0.29, 0.717) is 14.7 Å². The smallest absolute Gasteiger partial charge is 0.395 e. The van der Waals surface area contributed by atoms with Gasteiger partial charge < -0.3 is 4.18 Å². The Morgan fingerprint density at radius 3 is 0.909 bits per heavy atom. The molecular weight excluding hydrogens is 577 g/mol. The Bertz CT molecular complexity index is 1640. The summed E-state index contributed by atoms with van der Waals surface area (Å²) >= 11 is 0. The van der Waals surface area contributed by atoms with Gasteiger partial charge >= 0.3 is 12.1 Å². The standard InChI is InChI=1S/C38H27F3O2S/c39-38(40,41)37(42)43-44(34-22-16-31(17-23-34)28-10-4-1-5-11-28,35-24-18-32(19-25-35)29-12-6-2-7-13-29)36-26-20-33(21-27-36)30-14-8-3-9-15-30/h1-27H. The van der Waals surface area contributed by atoms with E-state index in [1.165, 1.54) is 0 Å². The molecule has 0 aliphatic heterocycles. The Morgan fingerprint density at radius 2 is 0.659 bits per heavy atom. The molecule has 0 N–H and O–H groups in total. The minimum atomic E-state index is -5.18. The average Bonchev–Trinajstić information content (AvgIpc) is 3.08. The van der Waals surface area contributed by atoms with E-state index in [0.717, 1.165) is 33.4 Å². The molecule has 0 unspecified atom stereocenters. The lowest BCUT2D eigenvalue weighted by Crippen LogP contribution is -2.27. The molecule has 0 spiro atoms. The maximum absolute atomic E-state index is 13.9. The van der Waals surface area contributed by atoms with E-state index in [9.17, 15) is 18.0 Å². The molecule has 0 fully saturated rings. The van der Waals surface area contributed by atoms with Crippen LogP contribution in [0.2, 0.25) is 0 Å². The molecule has 0 atom stereocenters. The summed E-state index contributed by atoms with van der Waals surface area (Å²) in [7, 11) is -3.18. The molecule has 0 aliphatic carbocycles. The fraction of sp³-hybridized carbons (Fsp3) is 0.0263. The second kappa shape index (κ2) is 12.3. The van der Waals surface area contributed by atoms with Crippen molar-refractivity contribution in [1.82, 2.24) is 0 Å². The molecule has 44 heavy (non-hydrogen) atoms. The lowest BCUT2D eigenvalue weighted by Gasteiger charge is -2.40. The molecule has 0 aliphatic rings. The number of carbonyl (C=O) groups is 1. The number of carbonyl (C=O) groups excluding carboxylic acids is 1. The third-order valence-corrected chi connectivity index (χ3v) is 10.5. The molecule has 6 aromatic rings. The quantitative estimate of drug-likeness (QED) is 0.181. The maximum Gasteiger partial charge on any atom is 0.491 e. The van der Waals surface area contributed by atoms with Gasteiger partial charge in [0.25, 0.3) is 0 Å². The van der Waals surface area contributed by atoms with E-state index < -0.39 is 22.5 Å². The number of rotatable bonds is 7. The monoisotopic (exact) mass is 604 g/mol. The van der Waals surface area contributed by atoms with Crippen LogP contribution < -0.4 is 0 Å². The van der Waals surface area contributed by atoms with Gasteiger partial charge in [-0.15, -0.1) is 0 Å². The molecule has 0 aromatic heterocycles. The fourth-order valence-electron chi connectivity index (χ4n) is 5.12. The maximum atomic E-state index is 13.9. The SMILES string of the molecule is O=C(OS(c1ccc(-c2ccccc2)cc1)(c1ccc(-c2ccccc2)cc1)c1ccc(-c2ccccc2)cc1)C(F)(F)F. The Balaban J connectivity index is 1.54. The van der Waals surface area contributed by atoms with Gasteiger partial charge in [0.05, 0.1) is 0 Å². The zero-order valence-electron chi connectivity index (χ0n) is 23.4. The molecule has 218 valence electrons. The summed E-state index contributed by atoms with van der Waals surface area (Å²) < 4.78 is 47.5. The van der Waals surface area contributed by atoms with Crippen molar-refractivity contribution in [2.45, 2.75) is 20.9 Å². The number of hydrogen-bond acceptors (Lipinski definition) is 2. The average molecular weight is 605 g/mol. The molecule has 0 amide bonds. The fourth-order valence-corrected chi connectivity index (χ4v) is 8.11. The predicted molar refractivity (Wildman–Crippen MR) is 170 cm³/mol. The van der Waals surface area contributed by atoms with Gasteiger partial charge in [-0.1, -0.05) is 127 Å². The normalized spacial score (nSPS) is 12.0. The van der Waals surface area contributed by atoms with E-state index in [-0.39, 0.29) is 0 Å². The van der Waals surface area contributed by atoms with Gasteiger partial charge in [-0.05, 0) is 80.1 Å². The molecule has 0 radical (unpaired) electrons. The predicted octanol–water partition coefficient (Wildman–Crippen LogP) is 11.0. The minimum absolute atomic E-state index is 0.467. The van der Waals surface area contributed by atoms with Crippen LogP contribution >= 0.6 is 10.3 Å². The van der Waals surface area contributed by atoms with Gasteiger partial charge in [0.1, 0.15) is 0 Å². The highest BCUT2D eigenvalue weighted by molar-refractivity contribution is 8.30. The van der Waals surface area contributed by atoms with Crippen LogP contribution in [0.4, 0.5) is 13.2 Å². The molecule has 0 bridgehead atoms. The van der Waals surface area contributed by atoms with E-state index in [1.54, 1.807) is 36.4 Å². The molecule has 6 heteroatoms. The second-order valence-electron chi connectivity index (χ2n) is 10.1. The summed E-state index contributed by atoms with van der Waals surface area (Å²) in [5, 5.41) is 0. The molecule has 0 heterocycles. The first-order chi connectivity index (χ1) is 21.3. The van der Waals surface area contributed by atoms with Crippen molar-refractivity contribution < 1.29 is 22.1 Å². The first-order valence-corrected chi connectivity index (χ1v) is 15.5. The highest BCUT2D eigenvalue weighted by Gasteiger charge is 2.47. The van der Waals surface area contributed by atoms with Crippen molar-refractivity contribution in [3.05, 3.63) is 164 Å². The first-order valence-electron chi connectivity index (χ1n) is 14.0. The molecular formula is C38H27F3O2S. The van der Waals surface area contributed by atoms with Crippen molar-refractivity contribution in [3.63, 3.8) is 0 Å². The van der Waals surface area contributed by atoms with Crippen LogP contribution in [0.3, 0.4) is 0 Å². The van der Waals surface area contributed by atoms with Crippen molar-refractivity contribution in [1.29, 1.82) is 0 Å². The molecule has 0 saturated heterocycles. The molecule has 6 aromatic carbocycles. The Kier molecular flexibility index (Phi) is 8.09. The van der Waals surface area contributed by atoms with E-state index in [1.807, 2.05) is 127 Å². The Labute approximate surface area is 255 Å². The Morgan fingerprint density at radius 1 is 0.409 bits per heavy atom. The number of benzene rings is 6. The second-order valence-corrected chi connectivity index (χ2v) is 12.8. The third-order valence-electron chi connectivity index (χ3n) is 7.31. The third kappa shape index (κ3) is 5.90. The largest absolute Gasteiger partial charge is 0.491 e. The lowest BCUT2D eigenvalue weighted by atomic mass is 10.1. The summed E-state index contributed by atoms with van der Waals surface area (Å²) in [6.45, 7) is 0. The number of hydrogen-bond donors (Lipinski definition) is 0. The van der Waals surface area contributed by atoms with Crippen LogP contribution in [-0.2, 0) is 8.98 Å². The van der Waals surface area contributed by atoms with Gasteiger partial charge in [-0.2, -0.15) is 13.2 Å². The summed E-state index contributed by atoms with van der Waals surface area (Å²) in [4.78, 5) is 14.1. The highest BCUT2D eigenvalue weighted by Crippen LogP contribution is 2.70. The highest BCUT2D eigenvalue weighted by atomic mass is 32.3. The zero-order valence-corrected chi connectivity index (χ0v) is 24.3. The van der Waals surface area contributed by atoms with E-state index in [4.69, 9.17) is 4.18 Å². The number of alkyl halides is 3. The van der Waals surface area contributed by atoms with Crippen LogP contribution in [0.15, 0.2) is 178 Å². The molecule has 2 nitrogen and oxygen atoms in total. The topological polar surface area (TPSA) is 26.3 Å². The van der Waals surface area contributed by atoms with Crippen molar-refractivity contribution in [2.24, 2.45) is 0 Å². The number of halogens is 3. The van der Waals surface area contributed by atoms with Crippen LogP contribution in [0, 0.1) is 0 Å². The van der Waals surface area contributed by atoms with E-state index >= 15 is 0 Å². The molecule has 0 saturated carbocycles. The van der Waals surface area contributed by atoms with Crippen molar-refractivity contribution in [2.75, 3.05) is 0 Å². The summed E-state index contributed by atoms with van der Waals surface area (Å²) in [6, 6.07) is 50.7. The van der Waals surface area contributed by atoms with Crippen molar-refractivity contribution in [3.8, 4) is 33.4 Å². The van der Waals surface area contributed by atoms with Crippen LogP contribution in [0.1, 0.15) is 0 Å². The minimum Gasteiger partial charge on any atom is -0.395 e. The van der Waals surface area contributed by atoms with Gasteiger partial charge in [-0.25, -0.2) is 4.79 Å². The van der Waals surface area contributed by atoms with Crippen LogP contribution in [0.25, 0.3) is 33.4 Å². The van der Waals surface area contributed by atoms with Gasteiger partial charge in [-0.3, -0.25) is 0 Å². The van der Waals surface area contributed by atoms with Gasteiger partial charge in [0.15, 0.2) is 0 Å². The zero-order chi connectivity index (χ0) is 30.6. The van der Waals surface area contributed by atoms with Crippen molar-refractivity contribution >= 4 is 16.3 Å². The molecule has 6 rings (SSSR count). The van der Waals surface area contributed by atoms with Crippen LogP contribution in [-0.4, -0.2) is 12.1 Å². The Hall–Kier alpha value is -5.07. The van der Waals surface area contributed by atoms with E-state index in [2.05, 4.69) is 0 Å². The van der Waals surface area contributed by atoms with Gasteiger partial charge in [0.2, 0.25) is 0 Å².